The smallest absolute Gasteiger partial charge is 0.416 e. The number of methoxy groups -OCH3 is 1. The average Bonchev–Trinajstić information content (AvgIpc) is 3.21. The molecule has 2 aromatic rings. The van der Waals surface area contributed by atoms with E-state index in [-0.39, 0.29) is 16.1 Å². The van der Waals surface area contributed by atoms with E-state index in [1.54, 1.807) is 0 Å². The third-order valence-corrected chi connectivity index (χ3v) is 5.44. The van der Waals surface area contributed by atoms with Gasteiger partial charge in [-0.2, -0.15) is 13.2 Å². The van der Waals surface area contributed by atoms with Gasteiger partial charge in [-0.3, -0.25) is 14.9 Å². The summed E-state index contributed by atoms with van der Waals surface area (Å²) in [6.45, 7) is 0. The first-order valence-electron chi connectivity index (χ1n) is 8.23. The van der Waals surface area contributed by atoms with E-state index in [0.717, 1.165) is 48.6 Å². The summed E-state index contributed by atoms with van der Waals surface area (Å²) in [7, 11) is 1.11. The number of halogens is 3. The van der Waals surface area contributed by atoms with E-state index in [1.807, 2.05) is 0 Å². The van der Waals surface area contributed by atoms with Crippen molar-refractivity contribution in [2.75, 3.05) is 12.4 Å². The van der Waals surface area contributed by atoms with E-state index >= 15 is 0 Å². The fourth-order valence-corrected chi connectivity index (χ4v) is 4.23. The summed E-state index contributed by atoms with van der Waals surface area (Å²) in [5.74, 6) is -1.51. The minimum absolute atomic E-state index is 0.142. The van der Waals surface area contributed by atoms with Gasteiger partial charge in [0.1, 0.15) is 5.00 Å². The standard InChI is InChI=1S/C18H15F3N2O4S/c1-27-17(26)23-15(25)13-11-6-3-7-12(11)28-16(13)22-14(24)9-4-2-5-10(8-9)18(19,20)21/h2,4-5,8H,3,6-7H2,1H3,(H,22,24)(H,23,25,26). The number of nitrogens with one attached hydrogen (secondary N) is 2. The van der Waals surface area contributed by atoms with E-state index in [1.165, 1.54) is 17.4 Å². The van der Waals surface area contributed by atoms with Gasteiger partial charge < -0.3 is 10.1 Å². The molecule has 1 aliphatic rings. The maximum absolute atomic E-state index is 12.9. The third-order valence-electron chi connectivity index (χ3n) is 4.23. The van der Waals surface area contributed by atoms with Crippen LogP contribution in [0, 0.1) is 0 Å². The topological polar surface area (TPSA) is 84.5 Å². The molecule has 0 unspecified atom stereocenters. The SMILES string of the molecule is COC(=O)NC(=O)c1c(NC(=O)c2cccc(C(F)(F)F)c2)sc2c1CCC2. The fraction of sp³-hybridized carbons (Fsp3) is 0.278. The monoisotopic (exact) mass is 412 g/mol. The summed E-state index contributed by atoms with van der Waals surface area (Å²) in [6.07, 6.45) is -3.36. The zero-order valence-electron chi connectivity index (χ0n) is 14.6. The molecule has 0 bridgehead atoms. The van der Waals surface area contributed by atoms with Crippen LogP contribution in [0.4, 0.5) is 23.0 Å². The Hall–Kier alpha value is -2.88. The van der Waals surface area contributed by atoms with Crippen LogP contribution in [-0.4, -0.2) is 25.0 Å². The number of benzene rings is 1. The maximum Gasteiger partial charge on any atom is 0.416 e. The molecule has 28 heavy (non-hydrogen) atoms. The lowest BCUT2D eigenvalue weighted by atomic mass is 10.1. The summed E-state index contributed by atoms with van der Waals surface area (Å²) in [6, 6.07) is 3.99. The molecule has 0 aliphatic heterocycles. The molecule has 0 atom stereocenters. The van der Waals surface area contributed by atoms with Crippen molar-refractivity contribution in [3.63, 3.8) is 0 Å². The molecule has 0 spiro atoms. The van der Waals surface area contributed by atoms with Gasteiger partial charge in [-0.25, -0.2) is 4.79 Å². The number of aryl methyl sites for hydroxylation is 1. The highest BCUT2D eigenvalue weighted by atomic mass is 32.1. The maximum atomic E-state index is 12.9. The van der Waals surface area contributed by atoms with E-state index in [9.17, 15) is 27.6 Å². The lowest BCUT2D eigenvalue weighted by molar-refractivity contribution is -0.137. The van der Waals surface area contributed by atoms with Crippen molar-refractivity contribution in [1.82, 2.24) is 5.32 Å². The normalized spacial score (nSPS) is 13.0. The van der Waals surface area contributed by atoms with Crippen LogP contribution >= 0.6 is 11.3 Å². The molecular formula is C18H15F3N2O4S. The number of alkyl halides is 3. The molecule has 10 heteroatoms. The minimum Gasteiger partial charge on any atom is -0.453 e. The van der Waals surface area contributed by atoms with Gasteiger partial charge in [0.05, 0.1) is 18.2 Å². The van der Waals surface area contributed by atoms with Crippen molar-refractivity contribution < 1.29 is 32.3 Å². The summed E-state index contributed by atoms with van der Waals surface area (Å²) < 4.78 is 43.0. The Morgan fingerprint density at radius 3 is 2.57 bits per heavy atom. The number of fused-ring (bicyclic) bond motifs is 1. The van der Waals surface area contributed by atoms with Crippen LogP contribution in [-0.2, 0) is 23.8 Å². The zero-order valence-corrected chi connectivity index (χ0v) is 15.4. The lowest BCUT2D eigenvalue weighted by Crippen LogP contribution is -2.31. The lowest BCUT2D eigenvalue weighted by Gasteiger charge is -2.10. The molecule has 2 N–H and O–H groups in total. The Labute approximate surface area is 161 Å². The Balaban J connectivity index is 1.90. The highest BCUT2D eigenvalue weighted by Gasteiger charge is 2.32. The van der Waals surface area contributed by atoms with Gasteiger partial charge in [-0.1, -0.05) is 6.07 Å². The fourth-order valence-electron chi connectivity index (χ4n) is 2.95. The van der Waals surface area contributed by atoms with Gasteiger partial charge >= 0.3 is 12.3 Å². The molecule has 0 radical (unpaired) electrons. The molecule has 3 amide bonds. The second kappa shape index (κ2) is 7.63. The van der Waals surface area contributed by atoms with Gasteiger partial charge in [-0.05, 0) is 43.0 Å². The number of rotatable bonds is 3. The predicted octanol–water partition coefficient (Wildman–Crippen LogP) is 4.00. The van der Waals surface area contributed by atoms with Crippen LogP contribution in [0.25, 0.3) is 0 Å². The number of ether oxygens (including phenoxy) is 1. The number of hydrogen-bond acceptors (Lipinski definition) is 5. The van der Waals surface area contributed by atoms with Crippen molar-refractivity contribution in [3.8, 4) is 0 Å². The molecule has 0 saturated carbocycles. The third kappa shape index (κ3) is 4.01. The van der Waals surface area contributed by atoms with E-state index in [2.05, 4.69) is 15.4 Å². The molecule has 1 heterocycles. The Kier molecular flexibility index (Phi) is 5.41. The molecular weight excluding hydrogens is 397 g/mol. The first-order valence-corrected chi connectivity index (χ1v) is 9.04. The first kappa shape index (κ1) is 19.9. The van der Waals surface area contributed by atoms with Gasteiger partial charge in [0.25, 0.3) is 11.8 Å². The van der Waals surface area contributed by atoms with Crippen LogP contribution in [0.2, 0.25) is 0 Å². The van der Waals surface area contributed by atoms with Crippen LogP contribution in [0.3, 0.4) is 0 Å². The van der Waals surface area contributed by atoms with E-state index < -0.39 is 29.6 Å². The molecule has 0 saturated heterocycles. The number of anilines is 1. The van der Waals surface area contributed by atoms with Gasteiger partial charge in [0, 0.05) is 10.4 Å². The van der Waals surface area contributed by atoms with Crippen molar-refractivity contribution in [2.45, 2.75) is 25.4 Å². The van der Waals surface area contributed by atoms with Gasteiger partial charge in [-0.15, -0.1) is 11.3 Å². The van der Waals surface area contributed by atoms with Gasteiger partial charge in [0.15, 0.2) is 0 Å². The minimum atomic E-state index is -4.58. The molecule has 1 aliphatic carbocycles. The Bertz CT molecular complexity index is 953. The number of amides is 3. The van der Waals surface area contributed by atoms with Crippen molar-refractivity contribution in [3.05, 3.63) is 51.4 Å². The largest absolute Gasteiger partial charge is 0.453 e. The second-order valence-corrected chi connectivity index (χ2v) is 7.15. The molecule has 148 valence electrons. The Morgan fingerprint density at radius 1 is 1.14 bits per heavy atom. The van der Waals surface area contributed by atoms with Crippen molar-refractivity contribution in [1.29, 1.82) is 0 Å². The summed E-state index contributed by atoms with van der Waals surface area (Å²) in [5.41, 5.74) is -0.269. The number of carbonyl (C=O) groups is 3. The molecule has 6 nitrogen and oxygen atoms in total. The van der Waals surface area contributed by atoms with Gasteiger partial charge in [0.2, 0.25) is 0 Å². The first-order chi connectivity index (χ1) is 13.2. The summed E-state index contributed by atoms with van der Waals surface area (Å²) >= 11 is 1.18. The quantitative estimate of drug-likeness (QED) is 0.798. The number of carbonyl (C=O) groups excluding carboxylic acids is 3. The number of hydrogen-bond donors (Lipinski definition) is 2. The highest BCUT2D eigenvalue weighted by molar-refractivity contribution is 7.17. The molecule has 1 aromatic carbocycles. The van der Waals surface area contributed by atoms with Crippen molar-refractivity contribution >= 4 is 34.2 Å². The van der Waals surface area contributed by atoms with Crippen LogP contribution in [0.5, 0.6) is 0 Å². The molecule has 0 fully saturated rings. The Morgan fingerprint density at radius 2 is 1.89 bits per heavy atom. The van der Waals surface area contributed by atoms with Crippen LogP contribution in [0.1, 0.15) is 43.1 Å². The summed E-state index contributed by atoms with van der Waals surface area (Å²) in [4.78, 5) is 37.2. The average molecular weight is 412 g/mol. The van der Waals surface area contributed by atoms with E-state index in [0.29, 0.717) is 6.42 Å². The van der Waals surface area contributed by atoms with Crippen LogP contribution < -0.4 is 10.6 Å². The second-order valence-electron chi connectivity index (χ2n) is 6.04. The number of alkyl carbamates (subject to hydrolysis) is 1. The zero-order chi connectivity index (χ0) is 20.5. The molecule has 1 aromatic heterocycles. The van der Waals surface area contributed by atoms with Crippen LogP contribution in [0.15, 0.2) is 24.3 Å². The summed E-state index contributed by atoms with van der Waals surface area (Å²) in [5, 5.41) is 4.75. The molecule has 3 rings (SSSR count). The predicted molar refractivity (Wildman–Crippen MR) is 95.6 cm³/mol. The number of thiophene rings is 1. The van der Waals surface area contributed by atoms with E-state index in [4.69, 9.17) is 0 Å². The van der Waals surface area contributed by atoms with Crippen molar-refractivity contribution in [2.24, 2.45) is 0 Å². The number of imide groups is 1. The highest BCUT2D eigenvalue weighted by Crippen LogP contribution is 2.39.